The number of esters is 1. The SMILES string of the molecule is CC(C)(C)OC(=O)C(C)(C)Cc1cc2ccn(S(=O)(=O)c3ccccc3)c2cn1. The molecule has 0 saturated carbocycles. The van der Waals surface area contributed by atoms with Gasteiger partial charge in [0, 0.05) is 23.7 Å². The van der Waals surface area contributed by atoms with Crippen LogP contribution >= 0.6 is 0 Å². The Balaban J connectivity index is 1.91. The van der Waals surface area contributed by atoms with E-state index in [9.17, 15) is 13.2 Å². The van der Waals surface area contributed by atoms with Crippen LogP contribution in [0.4, 0.5) is 0 Å². The van der Waals surface area contributed by atoms with Crippen molar-refractivity contribution in [1.29, 1.82) is 0 Å². The van der Waals surface area contributed by atoms with Gasteiger partial charge in [-0.3, -0.25) is 9.78 Å². The maximum absolute atomic E-state index is 12.9. The molecule has 2 aromatic heterocycles. The number of hydrogen-bond acceptors (Lipinski definition) is 5. The van der Waals surface area contributed by atoms with Gasteiger partial charge in [0.25, 0.3) is 10.0 Å². The molecule has 0 unspecified atom stereocenters. The van der Waals surface area contributed by atoms with Crippen molar-refractivity contribution in [2.24, 2.45) is 5.41 Å². The Labute approximate surface area is 171 Å². The standard InChI is InChI=1S/C22H26N2O4S/c1-21(2,3)28-20(25)22(4,5)14-17-13-16-11-12-24(19(16)15-23-17)29(26,27)18-9-7-6-8-10-18/h6-13,15H,14H2,1-5H3. The molecule has 0 aliphatic rings. The van der Waals surface area contributed by atoms with Crippen molar-refractivity contribution in [2.75, 3.05) is 0 Å². The Morgan fingerprint density at radius 1 is 1.07 bits per heavy atom. The zero-order valence-electron chi connectivity index (χ0n) is 17.3. The van der Waals surface area contributed by atoms with Gasteiger partial charge in [0.2, 0.25) is 0 Å². The highest BCUT2D eigenvalue weighted by Crippen LogP contribution is 2.28. The second-order valence-electron chi connectivity index (χ2n) is 8.73. The first-order valence-corrected chi connectivity index (χ1v) is 10.8. The van der Waals surface area contributed by atoms with E-state index in [1.54, 1.807) is 36.4 Å². The van der Waals surface area contributed by atoms with Crippen LogP contribution in [0.5, 0.6) is 0 Å². The average Bonchev–Trinajstić information content (AvgIpc) is 3.04. The molecule has 3 aromatic rings. The molecule has 0 radical (unpaired) electrons. The summed E-state index contributed by atoms with van der Waals surface area (Å²) in [6, 6.07) is 11.8. The summed E-state index contributed by atoms with van der Waals surface area (Å²) >= 11 is 0. The van der Waals surface area contributed by atoms with Gasteiger partial charge in [0.1, 0.15) is 5.60 Å². The van der Waals surface area contributed by atoms with E-state index in [4.69, 9.17) is 4.74 Å². The third kappa shape index (κ3) is 4.50. The first kappa shape index (κ1) is 21.0. The van der Waals surface area contributed by atoms with E-state index in [1.807, 2.05) is 40.7 Å². The van der Waals surface area contributed by atoms with Crippen molar-refractivity contribution < 1.29 is 17.9 Å². The Kier molecular flexibility index (Phi) is 5.30. The summed E-state index contributed by atoms with van der Waals surface area (Å²) < 4.78 is 32.6. The minimum Gasteiger partial charge on any atom is -0.460 e. The number of fused-ring (bicyclic) bond motifs is 1. The fourth-order valence-corrected chi connectivity index (χ4v) is 4.37. The lowest BCUT2D eigenvalue weighted by Gasteiger charge is -2.28. The lowest BCUT2D eigenvalue weighted by molar-refractivity contribution is -0.165. The number of aromatic nitrogens is 2. The van der Waals surface area contributed by atoms with Gasteiger partial charge in [0.05, 0.1) is 22.0 Å². The molecular formula is C22H26N2O4S. The van der Waals surface area contributed by atoms with Crippen LogP contribution in [0.25, 0.3) is 10.9 Å². The molecule has 0 N–H and O–H groups in total. The van der Waals surface area contributed by atoms with Crippen LogP contribution in [0.3, 0.4) is 0 Å². The summed E-state index contributed by atoms with van der Waals surface area (Å²) in [7, 11) is -3.70. The number of rotatable bonds is 5. The van der Waals surface area contributed by atoms with Gasteiger partial charge in [-0.1, -0.05) is 18.2 Å². The summed E-state index contributed by atoms with van der Waals surface area (Å²) in [6.07, 6.45) is 3.45. The van der Waals surface area contributed by atoms with Crippen molar-refractivity contribution >= 4 is 26.9 Å². The molecule has 1 aromatic carbocycles. The van der Waals surface area contributed by atoms with Crippen molar-refractivity contribution in [3.05, 3.63) is 60.6 Å². The quantitative estimate of drug-likeness (QED) is 0.585. The predicted molar refractivity (Wildman–Crippen MR) is 112 cm³/mol. The Hall–Kier alpha value is -2.67. The summed E-state index contributed by atoms with van der Waals surface area (Å²) in [5, 5.41) is 0.745. The molecule has 3 rings (SSSR count). The van der Waals surface area contributed by atoms with Gasteiger partial charge >= 0.3 is 5.97 Å². The van der Waals surface area contributed by atoms with Crippen molar-refractivity contribution in [2.45, 2.75) is 51.5 Å². The van der Waals surface area contributed by atoms with Gasteiger partial charge in [-0.05, 0) is 58.9 Å². The molecule has 6 nitrogen and oxygen atoms in total. The lowest BCUT2D eigenvalue weighted by Crippen LogP contribution is -2.35. The fraction of sp³-hybridized carbons (Fsp3) is 0.364. The molecule has 0 bridgehead atoms. The second kappa shape index (κ2) is 7.30. The number of benzene rings is 1. The largest absolute Gasteiger partial charge is 0.460 e. The summed E-state index contributed by atoms with van der Waals surface area (Å²) in [6.45, 7) is 9.14. The summed E-state index contributed by atoms with van der Waals surface area (Å²) in [5.41, 5.74) is -0.127. The second-order valence-corrected chi connectivity index (χ2v) is 10.5. The average molecular weight is 415 g/mol. The van der Waals surface area contributed by atoms with E-state index in [-0.39, 0.29) is 10.9 Å². The zero-order valence-corrected chi connectivity index (χ0v) is 18.2. The van der Waals surface area contributed by atoms with E-state index in [1.165, 1.54) is 16.4 Å². The van der Waals surface area contributed by atoms with Gasteiger partial charge in [-0.25, -0.2) is 12.4 Å². The molecule has 0 aliphatic carbocycles. The van der Waals surface area contributed by atoms with Crippen molar-refractivity contribution in [3.8, 4) is 0 Å². The third-order valence-corrected chi connectivity index (χ3v) is 6.18. The number of pyridine rings is 1. The smallest absolute Gasteiger partial charge is 0.312 e. The maximum Gasteiger partial charge on any atom is 0.312 e. The van der Waals surface area contributed by atoms with Gasteiger partial charge in [-0.2, -0.15) is 0 Å². The fourth-order valence-electron chi connectivity index (χ4n) is 3.01. The highest BCUT2D eigenvalue weighted by molar-refractivity contribution is 7.90. The molecule has 154 valence electrons. The van der Waals surface area contributed by atoms with Crippen LogP contribution in [0.2, 0.25) is 0 Å². The monoisotopic (exact) mass is 414 g/mol. The number of nitrogens with zero attached hydrogens (tertiary/aromatic N) is 2. The molecule has 0 amide bonds. The predicted octanol–water partition coefficient (Wildman–Crippen LogP) is 4.18. The molecule has 0 saturated heterocycles. The van der Waals surface area contributed by atoms with Crippen LogP contribution in [-0.2, 0) is 26.0 Å². The van der Waals surface area contributed by atoms with Crippen LogP contribution in [0.15, 0.2) is 59.8 Å². The van der Waals surface area contributed by atoms with E-state index < -0.39 is 21.0 Å². The highest BCUT2D eigenvalue weighted by atomic mass is 32.2. The molecule has 0 spiro atoms. The molecule has 0 fully saturated rings. The molecule has 2 heterocycles. The molecular weight excluding hydrogens is 388 g/mol. The van der Waals surface area contributed by atoms with Gasteiger partial charge in [0.15, 0.2) is 0 Å². The van der Waals surface area contributed by atoms with Gasteiger partial charge in [-0.15, -0.1) is 0 Å². The number of carbonyl (C=O) groups is 1. The minimum atomic E-state index is -3.70. The van der Waals surface area contributed by atoms with E-state index in [2.05, 4.69) is 4.98 Å². The van der Waals surface area contributed by atoms with Crippen LogP contribution in [0.1, 0.15) is 40.3 Å². The van der Waals surface area contributed by atoms with E-state index >= 15 is 0 Å². The summed E-state index contributed by atoms with van der Waals surface area (Å²) in [4.78, 5) is 17.1. The Morgan fingerprint density at radius 2 is 1.72 bits per heavy atom. The van der Waals surface area contributed by atoms with Crippen molar-refractivity contribution in [3.63, 3.8) is 0 Å². The van der Waals surface area contributed by atoms with Crippen LogP contribution in [0, 0.1) is 5.41 Å². The molecule has 0 aliphatic heterocycles. The van der Waals surface area contributed by atoms with Gasteiger partial charge < -0.3 is 4.74 Å². The maximum atomic E-state index is 12.9. The minimum absolute atomic E-state index is 0.215. The normalized spacial score (nSPS) is 12.9. The lowest BCUT2D eigenvalue weighted by atomic mass is 9.87. The number of ether oxygens (including phenoxy) is 1. The first-order valence-electron chi connectivity index (χ1n) is 9.40. The molecule has 7 heteroatoms. The Bertz CT molecular complexity index is 1140. The number of carbonyl (C=O) groups excluding carboxylic acids is 1. The molecule has 0 atom stereocenters. The Morgan fingerprint density at radius 3 is 2.34 bits per heavy atom. The van der Waals surface area contributed by atoms with Crippen molar-refractivity contribution in [1.82, 2.24) is 8.96 Å². The number of hydrogen-bond donors (Lipinski definition) is 0. The van der Waals surface area contributed by atoms with Crippen LogP contribution in [-0.4, -0.2) is 28.9 Å². The highest BCUT2D eigenvalue weighted by Gasteiger charge is 2.33. The molecule has 29 heavy (non-hydrogen) atoms. The van der Waals surface area contributed by atoms with E-state index in [0.29, 0.717) is 17.6 Å². The zero-order chi connectivity index (χ0) is 21.4. The third-order valence-electron chi connectivity index (χ3n) is 4.47. The first-order chi connectivity index (χ1) is 13.4. The van der Waals surface area contributed by atoms with E-state index in [0.717, 1.165) is 5.39 Å². The topological polar surface area (TPSA) is 78.3 Å². The van der Waals surface area contributed by atoms with Crippen LogP contribution < -0.4 is 0 Å². The summed E-state index contributed by atoms with van der Waals surface area (Å²) in [5.74, 6) is -0.295.